The molecule has 0 aliphatic heterocycles. The monoisotopic (exact) mass is 312 g/mol. The Morgan fingerprint density at radius 2 is 2.04 bits per heavy atom. The van der Waals surface area contributed by atoms with Gasteiger partial charge in [0, 0.05) is 11.1 Å². The van der Waals surface area contributed by atoms with Crippen LogP contribution >= 0.6 is 0 Å². The van der Waals surface area contributed by atoms with E-state index in [1.54, 1.807) is 31.2 Å². The molecule has 0 saturated carbocycles. The number of nitrogens with one attached hydrogen (secondary N) is 1. The van der Waals surface area contributed by atoms with Crippen LogP contribution < -0.4 is 5.43 Å². The number of rotatable bonds is 3. The van der Waals surface area contributed by atoms with E-state index in [1.807, 2.05) is 0 Å². The predicted octanol–water partition coefficient (Wildman–Crippen LogP) is 3.35. The Morgan fingerprint density at radius 3 is 2.78 bits per heavy atom. The van der Waals surface area contributed by atoms with Crippen LogP contribution in [0.4, 0.5) is 4.39 Å². The van der Waals surface area contributed by atoms with Crippen molar-refractivity contribution in [1.29, 1.82) is 0 Å². The second kappa shape index (κ2) is 5.92. The molecule has 0 aliphatic carbocycles. The highest BCUT2D eigenvalue weighted by atomic mass is 19.1. The number of aromatic hydroxyl groups is 1. The molecule has 23 heavy (non-hydrogen) atoms. The maximum atomic E-state index is 13.4. The Morgan fingerprint density at radius 1 is 1.26 bits per heavy atom. The molecule has 0 aliphatic rings. The summed E-state index contributed by atoms with van der Waals surface area (Å²) in [5, 5.41) is 14.0. The van der Waals surface area contributed by atoms with E-state index in [-0.39, 0.29) is 17.1 Å². The Hall–Kier alpha value is -3.15. The van der Waals surface area contributed by atoms with Gasteiger partial charge in [-0.2, -0.15) is 5.10 Å². The summed E-state index contributed by atoms with van der Waals surface area (Å²) in [6, 6.07) is 10.9. The van der Waals surface area contributed by atoms with Gasteiger partial charge in [0.25, 0.3) is 0 Å². The molecule has 116 valence electrons. The molecule has 2 N–H and O–H groups in total. The summed E-state index contributed by atoms with van der Waals surface area (Å²) in [6.07, 6.45) is 1.21. The third-order valence-corrected chi connectivity index (χ3v) is 3.41. The number of nitrogens with zero attached hydrogens (tertiary/aromatic N) is 1. The fourth-order valence-corrected chi connectivity index (χ4v) is 2.29. The summed E-state index contributed by atoms with van der Waals surface area (Å²) < 4.78 is 18.9. The van der Waals surface area contributed by atoms with Crippen molar-refractivity contribution in [2.45, 2.75) is 6.92 Å². The van der Waals surface area contributed by atoms with Crippen molar-refractivity contribution in [3.8, 4) is 5.75 Å². The van der Waals surface area contributed by atoms with E-state index in [2.05, 4.69) is 10.5 Å². The third kappa shape index (κ3) is 2.78. The van der Waals surface area contributed by atoms with Crippen LogP contribution in [0.2, 0.25) is 0 Å². The lowest BCUT2D eigenvalue weighted by Crippen LogP contribution is -2.17. The van der Waals surface area contributed by atoms with Gasteiger partial charge in [-0.05, 0) is 25.1 Å². The summed E-state index contributed by atoms with van der Waals surface area (Å²) in [6.45, 7) is 1.67. The van der Waals surface area contributed by atoms with Crippen LogP contribution in [0, 0.1) is 12.7 Å². The summed E-state index contributed by atoms with van der Waals surface area (Å²) in [4.78, 5) is 12.1. The van der Waals surface area contributed by atoms with Crippen molar-refractivity contribution >= 4 is 23.1 Å². The first-order chi connectivity index (χ1) is 11.1. The first-order valence-corrected chi connectivity index (χ1v) is 6.87. The van der Waals surface area contributed by atoms with Crippen molar-refractivity contribution < 1.29 is 18.7 Å². The molecular formula is C17H13FN2O3. The zero-order valence-electron chi connectivity index (χ0n) is 12.2. The van der Waals surface area contributed by atoms with E-state index in [1.165, 1.54) is 24.4 Å². The summed E-state index contributed by atoms with van der Waals surface area (Å²) in [5.74, 6) is -0.925. The highest BCUT2D eigenvalue weighted by Gasteiger charge is 2.19. The molecule has 6 heteroatoms. The van der Waals surface area contributed by atoms with Crippen LogP contribution in [-0.2, 0) is 0 Å². The number of hydrogen-bond acceptors (Lipinski definition) is 4. The Labute approximate surface area is 131 Å². The number of amides is 1. The number of hydrogen-bond donors (Lipinski definition) is 2. The lowest BCUT2D eigenvalue weighted by Gasteiger charge is -1.98. The maximum Gasteiger partial charge on any atom is 0.307 e. The minimum Gasteiger partial charge on any atom is -0.507 e. The summed E-state index contributed by atoms with van der Waals surface area (Å²) in [7, 11) is 0. The van der Waals surface area contributed by atoms with Crippen LogP contribution in [-0.4, -0.2) is 17.2 Å². The van der Waals surface area contributed by atoms with E-state index in [0.29, 0.717) is 16.5 Å². The fourth-order valence-electron chi connectivity index (χ4n) is 2.29. The third-order valence-electron chi connectivity index (χ3n) is 3.41. The van der Waals surface area contributed by atoms with Crippen molar-refractivity contribution in [2.75, 3.05) is 0 Å². The number of carbonyl (C=O) groups excluding carboxylic acids is 1. The summed E-state index contributed by atoms with van der Waals surface area (Å²) in [5.41, 5.74) is 3.46. The quantitative estimate of drug-likeness (QED) is 0.575. The number of phenolic OH excluding ortho intramolecular Hbond substituents is 1. The molecule has 0 atom stereocenters. The zero-order valence-corrected chi connectivity index (χ0v) is 12.2. The Kier molecular flexibility index (Phi) is 3.80. The molecule has 0 fully saturated rings. The minimum atomic E-state index is -0.578. The zero-order chi connectivity index (χ0) is 16.4. The predicted molar refractivity (Wildman–Crippen MR) is 84.1 cm³/mol. The molecule has 0 unspecified atom stereocenters. The molecule has 5 nitrogen and oxygen atoms in total. The van der Waals surface area contributed by atoms with Crippen LogP contribution in [0.1, 0.15) is 21.7 Å². The number of aryl methyl sites for hydroxylation is 1. The summed E-state index contributed by atoms with van der Waals surface area (Å²) >= 11 is 0. The van der Waals surface area contributed by atoms with E-state index in [9.17, 15) is 14.3 Å². The number of phenols is 1. The van der Waals surface area contributed by atoms with Gasteiger partial charge in [-0.15, -0.1) is 0 Å². The molecule has 0 bridgehead atoms. The van der Waals surface area contributed by atoms with Crippen molar-refractivity contribution in [2.24, 2.45) is 5.10 Å². The van der Waals surface area contributed by atoms with Gasteiger partial charge < -0.3 is 9.52 Å². The molecule has 0 radical (unpaired) electrons. The van der Waals surface area contributed by atoms with Gasteiger partial charge in [0.15, 0.2) is 5.76 Å². The Bertz CT molecular complexity index is 915. The fraction of sp³-hybridized carbons (Fsp3) is 0.0588. The first kappa shape index (κ1) is 14.8. The van der Waals surface area contributed by atoms with E-state index >= 15 is 0 Å². The minimum absolute atomic E-state index is 0.0395. The van der Waals surface area contributed by atoms with Crippen LogP contribution in [0.5, 0.6) is 5.75 Å². The molecule has 1 amide bonds. The maximum absolute atomic E-state index is 13.4. The lowest BCUT2D eigenvalue weighted by molar-refractivity contribution is 0.0929. The average molecular weight is 312 g/mol. The second-order valence-electron chi connectivity index (χ2n) is 4.93. The molecule has 1 heterocycles. The van der Waals surface area contributed by atoms with Crippen LogP contribution in [0.25, 0.3) is 11.0 Å². The van der Waals surface area contributed by atoms with Gasteiger partial charge in [-0.25, -0.2) is 9.82 Å². The molecule has 2 aromatic carbocycles. The van der Waals surface area contributed by atoms with Gasteiger partial charge in [0.05, 0.1) is 11.6 Å². The van der Waals surface area contributed by atoms with Gasteiger partial charge in [-0.3, -0.25) is 4.79 Å². The SMILES string of the molecule is Cc1c(C(=O)N/N=C\c2ccccc2F)oc2cccc(O)c12. The molecule has 1 aromatic heterocycles. The van der Waals surface area contributed by atoms with Gasteiger partial charge in [-0.1, -0.05) is 24.3 Å². The second-order valence-corrected chi connectivity index (χ2v) is 4.93. The largest absolute Gasteiger partial charge is 0.507 e. The van der Waals surface area contributed by atoms with E-state index in [4.69, 9.17) is 4.42 Å². The van der Waals surface area contributed by atoms with E-state index in [0.717, 1.165) is 0 Å². The molecule has 3 aromatic rings. The number of furan rings is 1. The Balaban J connectivity index is 1.83. The number of hydrazone groups is 1. The number of carbonyl (C=O) groups is 1. The number of fused-ring (bicyclic) bond motifs is 1. The normalized spacial score (nSPS) is 11.2. The van der Waals surface area contributed by atoms with Crippen molar-refractivity contribution in [1.82, 2.24) is 5.43 Å². The lowest BCUT2D eigenvalue weighted by atomic mass is 10.1. The van der Waals surface area contributed by atoms with Crippen LogP contribution in [0.3, 0.4) is 0 Å². The standard InChI is InChI=1S/C17H13FN2O3/c1-10-15-13(21)7-4-8-14(15)23-16(10)17(22)20-19-9-11-5-2-3-6-12(11)18/h2-9,21H,1H3,(H,20,22)/b19-9-. The molecule has 0 spiro atoms. The highest BCUT2D eigenvalue weighted by molar-refractivity contribution is 6.00. The average Bonchev–Trinajstić information content (AvgIpc) is 2.87. The van der Waals surface area contributed by atoms with Crippen molar-refractivity contribution in [3.63, 3.8) is 0 Å². The molecular weight excluding hydrogens is 299 g/mol. The number of halogens is 1. The molecule has 3 rings (SSSR count). The van der Waals surface area contributed by atoms with Gasteiger partial charge in [0.2, 0.25) is 0 Å². The van der Waals surface area contributed by atoms with Gasteiger partial charge >= 0.3 is 5.91 Å². The smallest absolute Gasteiger partial charge is 0.307 e. The topological polar surface area (TPSA) is 74.8 Å². The van der Waals surface area contributed by atoms with E-state index < -0.39 is 11.7 Å². The highest BCUT2D eigenvalue weighted by Crippen LogP contribution is 2.32. The first-order valence-electron chi connectivity index (χ1n) is 6.87. The van der Waals surface area contributed by atoms with Gasteiger partial charge in [0.1, 0.15) is 17.1 Å². The molecule has 0 saturated heterocycles. The van der Waals surface area contributed by atoms with Crippen LogP contribution in [0.15, 0.2) is 52.0 Å². The number of benzene rings is 2. The van der Waals surface area contributed by atoms with Crippen molar-refractivity contribution in [3.05, 3.63) is 65.2 Å².